The molecule has 4 aromatic rings. The highest BCUT2D eigenvalue weighted by atomic mass is 35.5. The molecule has 0 aliphatic carbocycles. The minimum absolute atomic E-state index is 0.0791. The first-order valence-electron chi connectivity index (χ1n) is 11.7. The molecule has 1 fully saturated rings. The van der Waals surface area contributed by atoms with E-state index < -0.39 is 24.0 Å². The number of rotatable bonds is 6. The van der Waals surface area contributed by atoms with Crippen LogP contribution in [0.5, 0.6) is 0 Å². The van der Waals surface area contributed by atoms with Gasteiger partial charge in [-0.05, 0) is 24.6 Å². The minimum Gasteiger partial charge on any atom is -0.326 e. The fraction of sp³-hybridized carbons (Fsp3) is 0.280. The number of amides is 2. The van der Waals surface area contributed by atoms with Gasteiger partial charge in [0.25, 0.3) is 0 Å². The number of hydrogen-bond donors (Lipinski definition) is 1. The van der Waals surface area contributed by atoms with Crippen LogP contribution < -0.4 is 5.32 Å². The molecule has 4 heterocycles. The van der Waals surface area contributed by atoms with Crippen molar-refractivity contribution in [2.75, 3.05) is 11.9 Å². The fourth-order valence-corrected chi connectivity index (χ4v) is 4.57. The Labute approximate surface area is 221 Å². The first-order valence-corrected chi connectivity index (χ1v) is 12.1. The van der Waals surface area contributed by atoms with Crippen LogP contribution in [-0.4, -0.2) is 71.0 Å². The molecule has 1 aliphatic heterocycles. The summed E-state index contributed by atoms with van der Waals surface area (Å²) in [5.41, 5.74) is 2.29. The first kappa shape index (κ1) is 25.3. The van der Waals surface area contributed by atoms with Crippen LogP contribution in [0.3, 0.4) is 0 Å². The second kappa shape index (κ2) is 10.2. The lowest BCUT2D eigenvalue weighted by atomic mass is 10.0. The Morgan fingerprint density at radius 1 is 1.13 bits per heavy atom. The molecule has 1 aliphatic rings. The number of anilines is 1. The number of carbonyl (C=O) groups is 3. The maximum absolute atomic E-state index is 14.4. The van der Waals surface area contributed by atoms with Crippen molar-refractivity contribution in [3.8, 4) is 11.1 Å². The zero-order valence-corrected chi connectivity index (χ0v) is 21.2. The van der Waals surface area contributed by atoms with Crippen LogP contribution >= 0.6 is 11.6 Å². The lowest BCUT2D eigenvalue weighted by Gasteiger charge is -2.23. The lowest BCUT2D eigenvalue weighted by Crippen LogP contribution is -2.44. The van der Waals surface area contributed by atoms with Gasteiger partial charge in [0.05, 0.1) is 24.5 Å². The van der Waals surface area contributed by atoms with E-state index in [9.17, 15) is 18.8 Å². The predicted octanol–water partition coefficient (Wildman–Crippen LogP) is 3.03. The van der Waals surface area contributed by atoms with Crippen molar-refractivity contribution in [3.63, 3.8) is 0 Å². The average molecular weight is 537 g/mol. The molecule has 0 bridgehead atoms. The average Bonchev–Trinajstić information content (AvgIpc) is 3.45. The van der Waals surface area contributed by atoms with Gasteiger partial charge in [-0.1, -0.05) is 17.7 Å². The normalized spacial score (nSPS) is 17.1. The zero-order valence-electron chi connectivity index (χ0n) is 20.4. The summed E-state index contributed by atoms with van der Waals surface area (Å²) in [5.74, 6) is -0.664. The maximum atomic E-state index is 14.4. The van der Waals surface area contributed by atoms with Crippen molar-refractivity contribution < 1.29 is 18.8 Å². The number of nitrogens with one attached hydrogen (secondary N) is 1. The molecular weight excluding hydrogens is 515 g/mol. The van der Waals surface area contributed by atoms with Crippen LogP contribution in [0.25, 0.3) is 22.0 Å². The number of halogens is 2. The Hall–Kier alpha value is -4.32. The quantitative estimate of drug-likeness (QED) is 0.371. The number of ketones is 1. The smallest absolute Gasteiger partial charge is 0.248 e. The number of fused-ring (bicyclic) bond motifs is 1. The minimum atomic E-state index is -1.37. The van der Waals surface area contributed by atoms with E-state index in [2.05, 4.69) is 30.4 Å². The molecule has 13 heteroatoms. The Morgan fingerprint density at radius 3 is 2.61 bits per heavy atom. The lowest BCUT2D eigenvalue weighted by molar-refractivity contribution is -0.137. The van der Waals surface area contributed by atoms with Crippen LogP contribution in [0.4, 0.5) is 10.2 Å². The van der Waals surface area contributed by atoms with E-state index in [1.807, 2.05) is 6.07 Å². The van der Waals surface area contributed by atoms with E-state index in [-0.39, 0.29) is 42.0 Å². The van der Waals surface area contributed by atoms with Crippen LogP contribution in [-0.2, 0) is 16.1 Å². The Kier molecular flexibility index (Phi) is 6.81. The van der Waals surface area contributed by atoms with E-state index in [1.54, 1.807) is 31.5 Å². The number of aryl methyl sites for hydroxylation is 1. The highest BCUT2D eigenvalue weighted by Gasteiger charge is 2.40. The van der Waals surface area contributed by atoms with Crippen molar-refractivity contribution in [1.29, 1.82) is 0 Å². The standard InChI is InChI=1S/C25H22ClFN8O3/c1-13(36)24-18-5-15(16-7-29-14(2)30-8-16)3-4-19(18)35(33-24)12-23(37)34-11-17(27)6-20(34)25(38)32-22-10-28-9-21(26)31-22/h3-5,7-10,17,20H,6,11-12H2,1-2H3,(H,31,32,38)/t17-,20+/m1/s1. The van der Waals surface area contributed by atoms with Gasteiger partial charge in [0.15, 0.2) is 11.6 Å². The summed E-state index contributed by atoms with van der Waals surface area (Å²) in [4.78, 5) is 55.9. The summed E-state index contributed by atoms with van der Waals surface area (Å²) in [6, 6.07) is 4.31. The summed E-state index contributed by atoms with van der Waals surface area (Å²) in [7, 11) is 0. The van der Waals surface area contributed by atoms with E-state index in [4.69, 9.17) is 11.6 Å². The number of benzene rings is 1. The van der Waals surface area contributed by atoms with E-state index in [1.165, 1.54) is 28.9 Å². The number of carbonyl (C=O) groups excluding carboxylic acids is 3. The third-order valence-corrected chi connectivity index (χ3v) is 6.39. The SMILES string of the molecule is CC(=O)c1nn(CC(=O)N2C[C@H](F)C[C@H]2C(=O)Nc2cncc(Cl)n2)c2ccc(-c3cnc(C)nc3)cc12. The number of Topliss-reactive ketones (excluding diaryl/α,β-unsaturated/α-hetero) is 1. The third kappa shape index (κ3) is 5.07. The monoisotopic (exact) mass is 536 g/mol. The van der Waals surface area contributed by atoms with Gasteiger partial charge in [0, 0.05) is 36.7 Å². The Balaban J connectivity index is 1.41. The molecule has 0 spiro atoms. The van der Waals surface area contributed by atoms with Crippen molar-refractivity contribution in [1.82, 2.24) is 34.6 Å². The highest BCUT2D eigenvalue weighted by molar-refractivity contribution is 6.29. The van der Waals surface area contributed by atoms with Crippen molar-refractivity contribution in [2.24, 2.45) is 0 Å². The number of alkyl halides is 1. The van der Waals surface area contributed by atoms with Gasteiger partial charge in [-0.25, -0.2) is 19.3 Å². The summed E-state index contributed by atoms with van der Waals surface area (Å²) in [6.07, 6.45) is 4.45. The largest absolute Gasteiger partial charge is 0.326 e. The molecule has 1 saturated heterocycles. The van der Waals surface area contributed by atoms with Crippen LogP contribution in [0.2, 0.25) is 5.15 Å². The molecule has 5 rings (SSSR count). The summed E-state index contributed by atoms with van der Waals surface area (Å²) < 4.78 is 15.8. The molecule has 0 unspecified atom stereocenters. The van der Waals surface area contributed by atoms with Gasteiger partial charge >= 0.3 is 0 Å². The molecule has 194 valence electrons. The van der Waals surface area contributed by atoms with Crippen LogP contribution in [0.1, 0.15) is 29.7 Å². The van der Waals surface area contributed by atoms with Crippen molar-refractivity contribution >= 4 is 45.9 Å². The molecule has 11 nitrogen and oxygen atoms in total. The second-order valence-electron chi connectivity index (χ2n) is 8.92. The van der Waals surface area contributed by atoms with Crippen molar-refractivity contribution in [2.45, 2.75) is 39.0 Å². The summed E-state index contributed by atoms with van der Waals surface area (Å²) >= 11 is 5.81. The molecule has 2 atom stereocenters. The van der Waals surface area contributed by atoms with E-state index in [0.717, 1.165) is 11.1 Å². The molecular formula is C25H22ClFN8O3. The number of likely N-dealkylation sites (tertiary alicyclic amines) is 1. The molecule has 1 N–H and O–H groups in total. The highest BCUT2D eigenvalue weighted by Crippen LogP contribution is 2.28. The van der Waals surface area contributed by atoms with Crippen molar-refractivity contribution in [3.05, 3.63) is 59.7 Å². The van der Waals surface area contributed by atoms with Gasteiger partial charge in [-0.15, -0.1) is 0 Å². The van der Waals surface area contributed by atoms with Crippen LogP contribution in [0, 0.1) is 6.92 Å². The van der Waals surface area contributed by atoms with Gasteiger partial charge in [0.1, 0.15) is 35.4 Å². The van der Waals surface area contributed by atoms with Crippen LogP contribution in [0.15, 0.2) is 43.0 Å². The van der Waals surface area contributed by atoms with Gasteiger partial charge in [0.2, 0.25) is 11.8 Å². The number of hydrogen-bond acceptors (Lipinski definition) is 8. The third-order valence-electron chi connectivity index (χ3n) is 6.21. The Bertz CT molecular complexity index is 1560. The van der Waals surface area contributed by atoms with Gasteiger partial charge in [-0.3, -0.25) is 24.0 Å². The topological polar surface area (TPSA) is 136 Å². The molecule has 0 saturated carbocycles. The zero-order chi connectivity index (χ0) is 27.0. The summed E-state index contributed by atoms with van der Waals surface area (Å²) in [6.45, 7) is 2.65. The van der Waals surface area contributed by atoms with Gasteiger partial charge < -0.3 is 10.2 Å². The second-order valence-corrected chi connectivity index (χ2v) is 9.31. The number of aromatic nitrogens is 6. The maximum Gasteiger partial charge on any atom is 0.248 e. The first-order chi connectivity index (χ1) is 18.2. The van der Waals surface area contributed by atoms with Gasteiger partial charge in [-0.2, -0.15) is 5.10 Å². The van der Waals surface area contributed by atoms with E-state index >= 15 is 0 Å². The molecule has 2 amide bonds. The van der Waals surface area contributed by atoms with E-state index in [0.29, 0.717) is 16.7 Å². The Morgan fingerprint density at radius 2 is 1.89 bits per heavy atom. The molecule has 0 radical (unpaired) electrons. The predicted molar refractivity (Wildman–Crippen MR) is 136 cm³/mol. The summed E-state index contributed by atoms with van der Waals surface area (Å²) in [5, 5.41) is 7.55. The number of nitrogens with zero attached hydrogens (tertiary/aromatic N) is 7. The molecule has 1 aromatic carbocycles. The molecule has 38 heavy (non-hydrogen) atoms. The fourth-order valence-electron chi connectivity index (χ4n) is 4.42. The molecule has 3 aromatic heterocycles.